The van der Waals surface area contributed by atoms with Gasteiger partial charge in [0.2, 0.25) is 0 Å². The van der Waals surface area contributed by atoms with Crippen LogP contribution in [0, 0.1) is 0 Å². The van der Waals surface area contributed by atoms with E-state index in [0.717, 1.165) is 32.7 Å². The van der Waals surface area contributed by atoms with Gasteiger partial charge in [0.15, 0.2) is 0 Å². The average Bonchev–Trinajstić information content (AvgIpc) is 3.53. The van der Waals surface area contributed by atoms with Gasteiger partial charge in [0.25, 0.3) is 0 Å². The van der Waals surface area contributed by atoms with Gasteiger partial charge < -0.3 is 4.42 Å². The molecule has 0 saturated heterocycles. The zero-order valence-electron chi connectivity index (χ0n) is 30.8. The largest absolute Gasteiger partial charge is 0.455 e. The van der Waals surface area contributed by atoms with Crippen molar-refractivity contribution in [3.8, 4) is 33.4 Å². The van der Waals surface area contributed by atoms with Gasteiger partial charge in [-0.3, -0.25) is 0 Å². The number of benzene rings is 8. The highest BCUT2D eigenvalue weighted by Crippen LogP contribution is 2.46. The number of hydrogen-bond acceptors (Lipinski definition) is 1. The summed E-state index contributed by atoms with van der Waals surface area (Å²) in [4.78, 5) is 0. The maximum Gasteiger partial charge on any atom is 0.143 e. The maximum atomic E-state index is 9.32. The molecule has 0 radical (unpaired) electrons. The highest BCUT2D eigenvalue weighted by Gasteiger charge is 2.20. The Balaban J connectivity index is 1.49. The minimum atomic E-state index is -0.442. The average molecular weight is 555 g/mol. The monoisotopic (exact) mass is 554 g/mol. The third-order valence-electron chi connectivity index (χ3n) is 8.29. The standard InChI is InChI=1S/C42H26O/c1-2-11-27(12-3-1)28-21-23-29(24-22-28)40-32-15-6-8-17-34(32)41(35-18-9-7-16-33(35)40)37-20-10-19-36-38-25-30-13-4-5-14-31(30)26-39(38)43-42(36)37/h1-26H/i6D,7D,8D,9D,15D,16D,17D,18D. The Bertz CT molecular complexity index is 2850. The van der Waals surface area contributed by atoms with E-state index in [1.54, 1.807) is 6.07 Å². The summed E-state index contributed by atoms with van der Waals surface area (Å²) < 4.78 is 78.8. The van der Waals surface area contributed by atoms with Crippen molar-refractivity contribution in [3.05, 3.63) is 158 Å². The summed E-state index contributed by atoms with van der Waals surface area (Å²) in [5, 5.41) is 4.29. The van der Waals surface area contributed by atoms with Gasteiger partial charge in [-0.05, 0) is 66.7 Å². The van der Waals surface area contributed by atoms with Crippen molar-refractivity contribution in [3.63, 3.8) is 0 Å². The van der Waals surface area contributed by atoms with Gasteiger partial charge >= 0.3 is 0 Å². The van der Waals surface area contributed by atoms with Crippen molar-refractivity contribution in [1.29, 1.82) is 0 Å². The van der Waals surface area contributed by atoms with E-state index >= 15 is 0 Å². The van der Waals surface area contributed by atoms with Gasteiger partial charge in [-0.1, -0.05) is 145 Å². The minimum absolute atomic E-state index is 0.152. The Hall–Kier alpha value is -5.66. The van der Waals surface area contributed by atoms with E-state index in [1.807, 2.05) is 97.1 Å². The van der Waals surface area contributed by atoms with Gasteiger partial charge in [-0.25, -0.2) is 0 Å². The summed E-state index contributed by atoms with van der Waals surface area (Å²) in [6.45, 7) is 0. The topological polar surface area (TPSA) is 13.1 Å². The van der Waals surface area contributed by atoms with E-state index in [1.165, 1.54) is 0 Å². The lowest BCUT2D eigenvalue weighted by molar-refractivity contribution is 0.670. The number of hydrogen-bond donors (Lipinski definition) is 0. The van der Waals surface area contributed by atoms with Crippen LogP contribution in [-0.2, 0) is 0 Å². The summed E-state index contributed by atoms with van der Waals surface area (Å²) in [6, 6.07) is 31.8. The van der Waals surface area contributed by atoms with Crippen LogP contribution in [0.25, 0.3) is 87.6 Å². The van der Waals surface area contributed by atoms with Crippen molar-refractivity contribution >= 4 is 54.3 Å². The molecule has 43 heavy (non-hydrogen) atoms. The van der Waals surface area contributed by atoms with Crippen molar-refractivity contribution in [1.82, 2.24) is 0 Å². The highest BCUT2D eigenvalue weighted by atomic mass is 16.3. The van der Waals surface area contributed by atoms with Crippen LogP contribution in [0.1, 0.15) is 11.0 Å². The third kappa shape index (κ3) is 3.72. The van der Waals surface area contributed by atoms with Crippen LogP contribution in [0.3, 0.4) is 0 Å². The lowest BCUT2D eigenvalue weighted by Crippen LogP contribution is -1.91. The predicted molar refractivity (Wildman–Crippen MR) is 183 cm³/mol. The Morgan fingerprint density at radius 3 is 1.65 bits per heavy atom. The predicted octanol–water partition coefficient (Wildman–Crippen LogP) is 12.0. The molecule has 1 nitrogen and oxygen atoms in total. The zero-order valence-corrected chi connectivity index (χ0v) is 22.8. The number of fused-ring (bicyclic) bond motifs is 6. The fourth-order valence-corrected chi connectivity index (χ4v) is 6.32. The second kappa shape index (κ2) is 9.44. The summed E-state index contributed by atoms with van der Waals surface area (Å²) in [7, 11) is 0. The molecule has 1 heteroatoms. The molecule has 0 aliphatic rings. The smallest absolute Gasteiger partial charge is 0.143 e. The molecule has 0 bridgehead atoms. The number of rotatable bonds is 3. The quantitative estimate of drug-likeness (QED) is 0.198. The van der Waals surface area contributed by atoms with E-state index in [9.17, 15) is 5.48 Å². The lowest BCUT2D eigenvalue weighted by Gasteiger charge is -2.18. The van der Waals surface area contributed by atoms with E-state index in [0.29, 0.717) is 27.9 Å². The van der Waals surface area contributed by atoms with Gasteiger partial charge in [0.05, 0.1) is 11.0 Å². The van der Waals surface area contributed by atoms with Crippen LogP contribution >= 0.6 is 0 Å². The Morgan fingerprint density at radius 1 is 0.419 bits per heavy atom. The fourth-order valence-electron chi connectivity index (χ4n) is 6.32. The number of furan rings is 1. The highest BCUT2D eigenvalue weighted by molar-refractivity contribution is 6.24. The van der Waals surface area contributed by atoms with E-state index < -0.39 is 24.2 Å². The molecular weight excluding hydrogens is 520 g/mol. The van der Waals surface area contributed by atoms with E-state index in [4.69, 9.17) is 9.90 Å². The summed E-state index contributed by atoms with van der Waals surface area (Å²) >= 11 is 0. The van der Waals surface area contributed by atoms with Gasteiger partial charge in [-0.2, -0.15) is 0 Å². The molecule has 0 atom stereocenters. The van der Waals surface area contributed by atoms with Crippen LogP contribution < -0.4 is 0 Å². The van der Waals surface area contributed by atoms with Crippen LogP contribution in [0.5, 0.6) is 0 Å². The normalized spacial score (nSPS) is 14.3. The summed E-state index contributed by atoms with van der Waals surface area (Å²) in [6.07, 6.45) is 0. The van der Waals surface area contributed by atoms with Crippen molar-refractivity contribution in [2.24, 2.45) is 0 Å². The molecule has 0 spiro atoms. The van der Waals surface area contributed by atoms with Crippen LogP contribution in [-0.4, -0.2) is 0 Å². The molecule has 1 heterocycles. The van der Waals surface area contributed by atoms with Crippen molar-refractivity contribution in [2.45, 2.75) is 0 Å². The zero-order chi connectivity index (χ0) is 35.3. The van der Waals surface area contributed by atoms with Crippen LogP contribution in [0.15, 0.2) is 162 Å². The maximum absolute atomic E-state index is 9.32. The molecule has 9 rings (SSSR count). The molecule has 0 unspecified atom stereocenters. The van der Waals surface area contributed by atoms with Crippen molar-refractivity contribution in [2.75, 3.05) is 0 Å². The van der Waals surface area contributed by atoms with Gasteiger partial charge in [-0.15, -0.1) is 0 Å². The van der Waals surface area contributed by atoms with Gasteiger partial charge in [0, 0.05) is 21.9 Å². The minimum Gasteiger partial charge on any atom is -0.455 e. The molecule has 0 saturated carbocycles. The SMILES string of the molecule is [2H]c1c([2H])c([2H])c2c(-c3cccc4c3oc3cc5ccccc5cc34)c3c([2H])c([2H])c([2H])c([2H])c3c(-c3ccc(-c4ccccc4)cc3)c2c1[2H]. The molecule has 0 N–H and O–H groups in total. The third-order valence-corrected chi connectivity index (χ3v) is 8.29. The molecule has 1 aromatic heterocycles. The first-order chi connectivity index (χ1) is 24.7. The van der Waals surface area contributed by atoms with Crippen LogP contribution in [0.4, 0.5) is 0 Å². The molecular formula is C42H26O. The molecule has 0 fully saturated rings. The molecule has 8 aromatic carbocycles. The summed E-state index contributed by atoms with van der Waals surface area (Å²) in [5.41, 5.74) is 4.59. The number of para-hydroxylation sites is 1. The molecule has 200 valence electrons. The molecule has 9 aromatic rings. The molecule has 0 amide bonds. The second-order valence-electron chi connectivity index (χ2n) is 10.7. The van der Waals surface area contributed by atoms with Crippen molar-refractivity contribution < 1.29 is 15.4 Å². The second-order valence-corrected chi connectivity index (χ2v) is 10.7. The van der Waals surface area contributed by atoms with Gasteiger partial charge in [0.1, 0.15) is 11.2 Å². The summed E-state index contributed by atoms with van der Waals surface area (Å²) in [5.74, 6) is 0. The molecule has 0 aliphatic carbocycles. The first-order valence-corrected chi connectivity index (χ1v) is 14.1. The first-order valence-electron chi connectivity index (χ1n) is 18.1. The van der Waals surface area contributed by atoms with Crippen LogP contribution in [0.2, 0.25) is 0 Å². The Morgan fingerprint density at radius 2 is 0.977 bits per heavy atom. The Labute approximate surface area is 260 Å². The van der Waals surface area contributed by atoms with E-state index in [2.05, 4.69) is 6.07 Å². The fraction of sp³-hybridized carbons (Fsp3) is 0. The first kappa shape index (κ1) is 17.3. The van der Waals surface area contributed by atoms with E-state index in [-0.39, 0.29) is 51.3 Å². The molecule has 0 aliphatic heterocycles. The lowest BCUT2D eigenvalue weighted by atomic mass is 9.85. The Kier molecular flexibility index (Phi) is 3.80.